The van der Waals surface area contributed by atoms with E-state index in [1.54, 1.807) is 6.92 Å². The summed E-state index contributed by atoms with van der Waals surface area (Å²) >= 11 is 0. The maximum absolute atomic E-state index is 12.2. The molecule has 2 amide bonds. The molecule has 2 aliphatic carbocycles. The molecule has 2 saturated carbocycles. The van der Waals surface area contributed by atoms with E-state index >= 15 is 0 Å². The van der Waals surface area contributed by atoms with E-state index < -0.39 is 6.10 Å². The third-order valence-corrected chi connectivity index (χ3v) is 7.30. The number of ether oxygens (including phenoxy) is 1. The van der Waals surface area contributed by atoms with Gasteiger partial charge in [-0.25, -0.2) is 0 Å². The first-order valence-corrected chi connectivity index (χ1v) is 12.6. The third-order valence-electron chi connectivity index (χ3n) is 7.30. The van der Waals surface area contributed by atoms with Gasteiger partial charge in [-0.2, -0.15) is 0 Å². The lowest BCUT2D eigenvalue weighted by Gasteiger charge is -2.36. The lowest BCUT2D eigenvalue weighted by molar-refractivity contribution is -0.122. The lowest BCUT2D eigenvalue weighted by atomic mass is 10.0. The summed E-state index contributed by atoms with van der Waals surface area (Å²) in [7, 11) is 0. The smallest absolute Gasteiger partial charge is 0.265 e. The summed E-state index contributed by atoms with van der Waals surface area (Å²) < 4.78 is 5.97. The topological polar surface area (TPSA) is 73.9 Å². The van der Waals surface area contributed by atoms with E-state index in [1.165, 1.54) is 29.7 Å². The Hall–Kier alpha value is -3.06. The van der Waals surface area contributed by atoms with E-state index in [4.69, 9.17) is 4.74 Å². The predicted molar refractivity (Wildman–Crippen MR) is 132 cm³/mol. The molecule has 34 heavy (non-hydrogen) atoms. The lowest BCUT2D eigenvalue weighted by Crippen LogP contribution is -2.46. The summed E-state index contributed by atoms with van der Waals surface area (Å²) in [5.74, 6) is 1.39. The fourth-order valence-corrected chi connectivity index (χ4v) is 4.93. The second kappa shape index (κ2) is 8.62. The van der Waals surface area contributed by atoms with Crippen molar-refractivity contribution in [3.05, 3.63) is 53.1 Å². The van der Waals surface area contributed by atoms with Gasteiger partial charge in [0.05, 0.1) is 5.69 Å². The minimum Gasteiger partial charge on any atom is -0.478 e. The highest BCUT2D eigenvalue weighted by molar-refractivity contribution is 5.98. The van der Waals surface area contributed by atoms with Crippen molar-refractivity contribution in [2.24, 2.45) is 0 Å². The number of anilines is 2. The van der Waals surface area contributed by atoms with E-state index in [0.29, 0.717) is 12.0 Å². The van der Waals surface area contributed by atoms with Gasteiger partial charge in [0.15, 0.2) is 6.10 Å². The maximum atomic E-state index is 12.2. The fourth-order valence-electron chi connectivity index (χ4n) is 4.93. The van der Waals surface area contributed by atoms with Crippen molar-refractivity contribution in [3.8, 4) is 5.75 Å². The first kappa shape index (κ1) is 21.5. The molecule has 2 aromatic carbocycles. The van der Waals surface area contributed by atoms with Crippen LogP contribution in [-0.4, -0.2) is 55.0 Å². The molecule has 1 unspecified atom stereocenters. The summed E-state index contributed by atoms with van der Waals surface area (Å²) in [5.41, 5.74) is 5.22. The number of nitrogens with one attached hydrogen (secondary N) is 2. The zero-order chi connectivity index (χ0) is 23.2. The summed E-state index contributed by atoms with van der Waals surface area (Å²) in [4.78, 5) is 29.2. The van der Waals surface area contributed by atoms with Crippen LogP contribution < -0.4 is 20.3 Å². The number of piperazine rings is 1. The van der Waals surface area contributed by atoms with Crippen molar-refractivity contribution >= 4 is 23.2 Å². The molecule has 2 aliphatic heterocycles. The predicted octanol–water partition coefficient (Wildman–Crippen LogP) is 3.50. The van der Waals surface area contributed by atoms with Crippen LogP contribution in [0.15, 0.2) is 36.4 Å². The Kier molecular flexibility index (Phi) is 5.44. The second-order valence-corrected chi connectivity index (χ2v) is 10.1. The second-order valence-electron chi connectivity index (χ2n) is 10.1. The van der Waals surface area contributed by atoms with Crippen molar-refractivity contribution in [1.29, 1.82) is 0 Å². The zero-order valence-electron chi connectivity index (χ0n) is 19.7. The summed E-state index contributed by atoms with van der Waals surface area (Å²) in [6.07, 6.45) is 4.15. The molecule has 2 heterocycles. The van der Waals surface area contributed by atoms with Gasteiger partial charge in [-0.15, -0.1) is 0 Å². The molecule has 2 N–H and O–H groups in total. The molecule has 2 aromatic rings. The highest BCUT2D eigenvalue weighted by Crippen LogP contribution is 2.48. The standard InChI is InChI=1S/C27H32N4O3/c1-17-26(32)29-24-15-18(14-23(19-2-3-19)25(24)34-17)16-30-10-12-31(13-11-30)22-8-4-20(5-9-22)27(33)28-21-6-7-21/h4-5,8-9,14-15,17,19,21H,2-3,6-7,10-13,16H2,1H3,(H,28,33)(H,29,32). The minimum atomic E-state index is -0.439. The number of nitrogens with zero attached hydrogens (tertiary/aromatic N) is 2. The van der Waals surface area contributed by atoms with E-state index in [0.717, 1.165) is 62.6 Å². The number of benzene rings is 2. The Labute approximate surface area is 200 Å². The minimum absolute atomic E-state index is 0.0329. The molecule has 7 nitrogen and oxygen atoms in total. The highest BCUT2D eigenvalue weighted by atomic mass is 16.5. The van der Waals surface area contributed by atoms with Gasteiger partial charge < -0.3 is 20.3 Å². The van der Waals surface area contributed by atoms with Crippen molar-refractivity contribution in [2.45, 2.75) is 57.2 Å². The van der Waals surface area contributed by atoms with Crippen molar-refractivity contribution < 1.29 is 14.3 Å². The van der Waals surface area contributed by atoms with E-state index in [2.05, 4.69) is 44.7 Å². The van der Waals surface area contributed by atoms with Crippen molar-refractivity contribution in [3.63, 3.8) is 0 Å². The van der Waals surface area contributed by atoms with Crippen LogP contribution >= 0.6 is 0 Å². The van der Waals surface area contributed by atoms with Gasteiger partial charge in [0.1, 0.15) is 5.75 Å². The Balaban J connectivity index is 1.09. The van der Waals surface area contributed by atoms with Crippen LogP contribution in [0.5, 0.6) is 5.75 Å². The monoisotopic (exact) mass is 460 g/mol. The maximum Gasteiger partial charge on any atom is 0.265 e. The van der Waals surface area contributed by atoms with Crippen LogP contribution in [0, 0.1) is 0 Å². The number of rotatable bonds is 6. The molecule has 0 aromatic heterocycles. The van der Waals surface area contributed by atoms with Crippen molar-refractivity contribution in [1.82, 2.24) is 10.2 Å². The van der Waals surface area contributed by atoms with Crippen LogP contribution in [0.4, 0.5) is 11.4 Å². The van der Waals surface area contributed by atoms with Gasteiger partial charge in [0, 0.05) is 50.0 Å². The largest absolute Gasteiger partial charge is 0.478 e. The number of amides is 2. The van der Waals surface area contributed by atoms with Gasteiger partial charge in [0.25, 0.3) is 11.8 Å². The molecule has 1 atom stereocenters. The van der Waals surface area contributed by atoms with E-state index in [1.807, 2.05) is 12.1 Å². The molecule has 0 bridgehead atoms. The Morgan fingerprint density at radius 2 is 1.79 bits per heavy atom. The van der Waals surface area contributed by atoms with Crippen LogP contribution in [0.2, 0.25) is 0 Å². The van der Waals surface area contributed by atoms with Gasteiger partial charge in [-0.05, 0) is 80.0 Å². The average molecular weight is 461 g/mol. The van der Waals surface area contributed by atoms with Gasteiger partial charge in [-0.1, -0.05) is 6.07 Å². The SMILES string of the molecule is CC1Oc2c(cc(CN3CCN(c4ccc(C(=O)NC5CC5)cc4)CC3)cc2C2CC2)NC1=O. The molecule has 7 heteroatoms. The highest BCUT2D eigenvalue weighted by Gasteiger charge is 2.33. The Bertz CT molecular complexity index is 1100. The third kappa shape index (κ3) is 4.49. The molecule has 178 valence electrons. The number of carbonyl (C=O) groups is 2. The number of hydrogen-bond acceptors (Lipinski definition) is 5. The van der Waals surface area contributed by atoms with Crippen LogP contribution in [0.3, 0.4) is 0 Å². The molecule has 0 spiro atoms. The van der Waals surface area contributed by atoms with Crippen molar-refractivity contribution in [2.75, 3.05) is 36.4 Å². The molecular weight excluding hydrogens is 428 g/mol. The average Bonchev–Trinajstić information content (AvgIpc) is 3.76. The Morgan fingerprint density at radius 3 is 2.47 bits per heavy atom. The number of hydrogen-bond donors (Lipinski definition) is 2. The van der Waals surface area contributed by atoms with Crippen LogP contribution in [0.25, 0.3) is 0 Å². The van der Waals surface area contributed by atoms with Crippen LogP contribution in [-0.2, 0) is 11.3 Å². The quantitative estimate of drug-likeness (QED) is 0.690. The molecule has 0 radical (unpaired) electrons. The summed E-state index contributed by atoms with van der Waals surface area (Å²) in [5, 5.41) is 6.09. The molecule has 4 aliphatic rings. The molecule has 6 rings (SSSR count). The van der Waals surface area contributed by atoms with Gasteiger partial charge in [0.2, 0.25) is 0 Å². The first-order valence-electron chi connectivity index (χ1n) is 12.6. The molecule has 1 saturated heterocycles. The Morgan fingerprint density at radius 1 is 1.06 bits per heavy atom. The van der Waals surface area contributed by atoms with Gasteiger partial charge >= 0.3 is 0 Å². The summed E-state index contributed by atoms with van der Waals surface area (Å²) in [6, 6.07) is 12.7. The normalized spacial score (nSPS) is 22.6. The van der Waals surface area contributed by atoms with E-state index in [-0.39, 0.29) is 11.8 Å². The fraction of sp³-hybridized carbons (Fsp3) is 0.481. The first-order chi connectivity index (χ1) is 16.5. The zero-order valence-corrected chi connectivity index (χ0v) is 19.7. The number of fused-ring (bicyclic) bond motifs is 1. The number of carbonyl (C=O) groups excluding carboxylic acids is 2. The van der Waals surface area contributed by atoms with E-state index in [9.17, 15) is 9.59 Å². The molecule has 3 fully saturated rings. The van der Waals surface area contributed by atoms with Gasteiger partial charge in [-0.3, -0.25) is 14.5 Å². The van der Waals surface area contributed by atoms with Crippen LogP contribution in [0.1, 0.15) is 60.0 Å². The molecular formula is C27H32N4O3. The summed E-state index contributed by atoms with van der Waals surface area (Å²) in [6.45, 7) is 6.52.